The van der Waals surface area contributed by atoms with Crippen LogP contribution >= 0.6 is 0 Å². The normalized spacial score (nSPS) is 47.8. The van der Waals surface area contributed by atoms with Gasteiger partial charge in [0, 0.05) is 0 Å². The number of aliphatic hydroxyl groups is 1. The van der Waals surface area contributed by atoms with Gasteiger partial charge in [0.1, 0.15) is 0 Å². The third-order valence-corrected chi connectivity index (χ3v) is 4.79. The quantitative estimate of drug-likeness (QED) is 0.701. The van der Waals surface area contributed by atoms with Gasteiger partial charge in [-0.15, -0.1) is 0 Å². The molecule has 2 aliphatic carbocycles. The first-order valence-electron chi connectivity index (χ1n) is 6.85. The molecule has 15 heavy (non-hydrogen) atoms. The van der Waals surface area contributed by atoms with E-state index in [1.807, 2.05) is 0 Å². The van der Waals surface area contributed by atoms with Crippen molar-refractivity contribution in [2.45, 2.75) is 64.9 Å². The van der Waals surface area contributed by atoms with E-state index in [2.05, 4.69) is 13.8 Å². The molecule has 0 saturated heterocycles. The number of hydrogen-bond acceptors (Lipinski definition) is 1. The van der Waals surface area contributed by atoms with Gasteiger partial charge < -0.3 is 5.11 Å². The third-order valence-electron chi connectivity index (χ3n) is 4.79. The van der Waals surface area contributed by atoms with Crippen LogP contribution < -0.4 is 0 Å². The summed E-state index contributed by atoms with van der Waals surface area (Å²) in [7, 11) is 0. The van der Waals surface area contributed by atoms with E-state index in [1.54, 1.807) is 0 Å². The highest BCUT2D eigenvalue weighted by molar-refractivity contribution is 4.85. The molecule has 1 heteroatoms. The zero-order chi connectivity index (χ0) is 10.8. The van der Waals surface area contributed by atoms with Crippen molar-refractivity contribution in [3.8, 4) is 0 Å². The van der Waals surface area contributed by atoms with Crippen LogP contribution in [0.5, 0.6) is 0 Å². The number of hydrogen-bond donors (Lipinski definition) is 1. The molecule has 2 fully saturated rings. The first-order chi connectivity index (χ1) is 7.16. The lowest BCUT2D eigenvalue weighted by atomic mass is 9.68. The van der Waals surface area contributed by atoms with Crippen LogP contribution in [0.3, 0.4) is 0 Å². The fraction of sp³-hybridized carbons (Fsp3) is 1.00. The van der Waals surface area contributed by atoms with Crippen molar-refractivity contribution in [3.63, 3.8) is 0 Å². The molecule has 2 saturated carbocycles. The molecule has 0 aromatic carbocycles. The lowest BCUT2D eigenvalue weighted by Gasteiger charge is -2.40. The Morgan fingerprint density at radius 1 is 0.800 bits per heavy atom. The zero-order valence-corrected chi connectivity index (χ0v) is 10.3. The molecule has 0 aromatic rings. The molecule has 1 nitrogen and oxygen atoms in total. The van der Waals surface area contributed by atoms with Crippen LogP contribution in [0.2, 0.25) is 0 Å². The van der Waals surface area contributed by atoms with Gasteiger partial charge in [-0.1, -0.05) is 26.7 Å². The van der Waals surface area contributed by atoms with E-state index in [1.165, 1.54) is 38.5 Å². The van der Waals surface area contributed by atoms with Gasteiger partial charge in [-0.2, -0.15) is 0 Å². The third kappa shape index (κ3) is 2.75. The second kappa shape index (κ2) is 4.86. The summed E-state index contributed by atoms with van der Waals surface area (Å²) in [6.45, 7) is 4.72. The van der Waals surface area contributed by atoms with Crippen molar-refractivity contribution in [3.05, 3.63) is 0 Å². The lowest BCUT2D eigenvalue weighted by Crippen LogP contribution is -2.35. The highest BCUT2D eigenvalue weighted by Gasteiger charge is 2.34. The summed E-state index contributed by atoms with van der Waals surface area (Å²) in [6.07, 6.45) is 9.11. The molecule has 0 bridgehead atoms. The highest BCUT2D eigenvalue weighted by atomic mass is 16.3. The van der Waals surface area contributed by atoms with Gasteiger partial charge in [0.25, 0.3) is 0 Å². The minimum atomic E-state index is 0.0135. The standard InChI is InChI=1S/C14H26O/c1-10-3-6-12(7-4-10)13-9-11(2)5-8-14(13)15/h10-15H,3-9H2,1-2H3. The summed E-state index contributed by atoms with van der Waals surface area (Å²) in [6, 6.07) is 0. The van der Waals surface area contributed by atoms with Crippen molar-refractivity contribution >= 4 is 0 Å². The Morgan fingerprint density at radius 3 is 2.07 bits per heavy atom. The Labute approximate surface area is 94.3 Å². The Balaban J connectivity index is 1.90. The molecule has 0 amide bonds. The van der Waals surface area contributed by atoms with Crippen LogP contribution in [0.1, 0.15) is 58.8 Å². The first-order valence-corrected chi connectivity index (χ1v) is 6.85. The predicted molar refractivity (Wildman–Crippen MR) is 63.6 cm³/mol. The minimum Gasteiger partial charge on any atom is -0.393 e. The van der Waals surface area contributed by atoms with Crippen molar-refractivity contribution in [1.29, 1.82) is 0 Å². The molecule has 2 aliphatic rings. The van der Waals surface area contributed by atoms with Crippen LogP contribution in [0.15, 0.2) is 0 Å². The van der Waals surface area contributed by atoms with Crippen LogP contribution in [-0.4, -0.2) is 11.2 Å². The van der Waals surface area contributed by atoms with E-state index < -0.39 is 0 Å². The molecule has 88 valence electrons. The van der Waals surface area contributed by atoms with E-state index in [9.17, 15) is 5.11 Å². The summed E-state index contributed by atoms with van der Waals surface area (Å²) in [5.74, 6) is 3.23. The van der Waals surface area contributed by atoms with Gasteiger partial charge in [0.05, 0.1) is 6.10 Å². The van der Waals surface area contributed by atoms with Crippen LogP contribution in [0, 0.1) is 23.7 Å². The second-order valence-corrected chi connectivity index (χ2v) is 6.17. The average molecular weight is 210 g/mol. The monoisotopic (exact) mass is 210 g/mol. The van der Waals surface area contributed by atoms with E-state index in [0.29, 0.717) is 5.92 Å². The van der Waals surface area contributed by atoms with E-state index in [0.717, 1.165) is 24.2 Å². The Morgan fingerprint density at radius 2 is 1.40 bits per heavy atom. The molecular weight excluding hydrogens is 184 g/mol. The molecule has 0 aromatic heterocycles. The Hall–Kier alpha value is -0.0400. The zero-order valence-electron chi connectivity index (χ0n) is 10.3. The van der Waals surface area contributed by atoms with Crippen LogP contribution in [-0.2, 0) is 0 Å². The largest absolute Gasteiger partial charge is 0.393 e. The topological polar surface area (TPSA) is 20.2 Å². The van der Waals surface area contributed by atoms with E-state index in [4.69, 9.17) is 0 Å². The summed E-state index contributed by atoms with van der Waals surface area (Å²) < 4.78 is 0. The molecule has 1 N–H and O–H groups in total. The summed E-state index contributed by atoms with van der Waals surface area (Å²) in [4.78, 5) is 0. The van der Waals surface area contributed by atoms with E-state index in [-0.39, 0.29) is 6.10 Å². The van der Waals surface area contributed by atoms with Gasteiger partial charge in [-0.25, -0.2) is 0 Å². The molecule has 0 heterocycles. The molecular formula is C14H26O. The van der Waals surface area contributed by atoms with Crippen LogP contribution in [0.25, 0.3) is 0 Å². The minimum absolute atomic E-state index is 0.0135. The summed E-state index contributed by atoms with van der Waals surface area (Å²) >= 11 is 0. The van der Waals surface area contributed by atoms with Gasteiger partial charge in [-0.05, 0) is 55.8 Å². The summed E-state index contributed by atoms with van der Waals surface area (Å²) in [5, 5.41) is 10.1. The fourth-order valence-electron chi connectivity index (χ4n) is 3.63. The van der Waals surface area contributed by atoms with Gasteiger partial charge in [0.15, 0.2) is 0 Å². The molecule has 0 spiro atoms. The van der Waals surface area contributed by atoms with E-state index >= 15 is 0 Å². The molecule has 0 radical (unpaired) electrons. The predicted octanol–water partition coefficient (Wildman–Crippen LogP) is 3.61. The van der Waals surface area contributed by atoms with Crippen molar-refractivity contribution in [2.24, 2.45) is 23.7 Å². The van der Waals surface area contributed by atoms with Crippen molar-refractivity contribution < 1.29 is 5.11 Å². The lowest BCUT2D eigenvalue weighted by molar-refractivity contribution is 0.00618. The number of rotatable bonds is 1. The second-order valence-electron chi connectivity index (χ2n) is 6.17. The van der Waals surface area contributed by atoms with Gasteiger partial charge in [0.2, 0.25) is 0 Å². The molecule has 3 unspecified atom stereocenters. The summed E-state index contributed by atoms with van der Waals surface area (Å²) in [5.41, 5.74) is 0. The van der Waals surface area contributed by atoms with Gasteiger partial charge >= 0.3 is 0 Å². The average Bonchev–Trinajstić information content (AvgIpc) is 2.23. The molecule has 2 rings (SSSR count). The number of aliphatic hydroxyl groups excluding tert-OH is 1. The maximum absolute atomic E-state index is 10.1. The van der Waals surface area contributed by atoms with Gasteiger partial charge in [-0.3, -0.25) is 0 Å². The maximum Gasteiger partial charge on any atom is 0.0571 e. The fourth-order valence-corrected chi connectivity index (χ4v) is 3.63. The molecule has 0 aliphatic heterocycles. The van der Waals surface area contributed by atoms with Crippen LogP contribution in [0.4, 0.5) is 0 Å². The van der Waals surface area contributed by atoms with Crippen molar-refractivity contribution in [2.75, 3.05) is 0 Å². The maximum atomic E-state index is 10.1. The van der Waals surface area contributed by atoms with Crippen molar-refractivity contribution in [1.82, 2.24) is 0 Å². The molecule has 3 atom stereocenters. The smallest absolute Gasteiger partial charge is 0.0571 e. The Bertz CT molecular complexity index is 194. The SMILES string of the molecule is CC1CCC(C2CC(C)CCC2O)CC1. The first kappa shape index (κ1) is 11.4. The highest BCUT2D eigenvalue weighted by Crippen LogP contribution is 2.41. The Kier molecular flexibility index (Phi) is 3.71.